The highest BCUT2D eigenvalue weighted by molar-refractivity contribution is 5.98. The molecule has 0 aliphatic rings. The summed E-state index contributed by atoms with van der Waals surface area (Å²) in [5.41, 5.74) is 9.60. The molecule has 0 fully saturated rings. The van der Waals surface area contributed by atoms with Crippen molar-refractivity contribution in [1.29, 1.82) is 0 Å². The maximum absolute atomic E-state index is 13.9. The summed E-state index contributed by atoms with van der Waals surface area (Å²) >= 11 is 0. The summed E-state index contributed by atoms with van der Waals surface area (Å²) in [5.74, 6) is -0.316. The Morgan fingerprint density at radius 1 is 0.808 bits per heavy atom. The summed E-state index contributed by atoms with van der Waals surface area (Å²) in [4.78, 5) is 9.29. The van der Waals surface area contributed by atoms with Gasteiger partial charge in [0.25, 0.3) is 0 Å². The summed E-state index contributed by atoms with van der Waals surface area (Å²) in [5, 5.41) is 0.583. The number of benzene rings is 3. The molecule has 0 radical (unpaired) electrons. The van der Waals surface area contributed by atoms with Crippen molar-refractivity contribution in [3.05, 3.63) is 72.3 Å². The highest BCUT2D eigenvalue weighted by Crippen LogP contribution is 2.32. The van der Waals surface area contributed by atoms with Gasteiger partial charge in [0.1, 0.15) is 23.1 Å². The van der Waals surface area contributed by atoms with E-state index >= 15 is 0 Å². The normalized spacial score (nSPS) is 11.6. The first-order chi connectivity index (χ1) is 12.6. The number of hydrogen-bond donors (Lipinski definition) is 1. The lowest BCUT2D eigenvalue weighted by Gasteiger charge is -2.11. The predicted molar refractivity (Wildman–Crippen MR) is 97.8 cm³/mol. The summed E-state index contributed by atoms with van der Waals surface area (Å²) in [7, 11) is 0. The molecule has 2 heterocycles. The second-order valence-corrected chi connectivity index (χ2v) is 6.09. The van der Waals surface area contributed by atoms with Gasteiger partial charge in [-0.1, -0.05) is 12.1 Å². The zero-order valence-corrected chi connectivity index (χ0v) is 13.4. The van der Waals surface area contributed by atoms with Crippen LogP contribution in [0.2, 0.25) is 0 Å². The molecule has 0 bridgehead atoms. The van der Waals surface area contributed by atoms with E-state index in [1.807, 2.05) is 24.3 Å². The minimum Gasteiger partial charge on any atom is -0.398 e. The molecule has 26 heavy (non-hydrogen) atoms. The Kier molecular flexibility index (Phi) is 2.97. The van der Waals surface area contributed by atoms with Crippen LogP contribution in [0.25, 0.3) is 39.0 Å². The molecule has 2 aromatic heterocycles. The number of nitrogens with zero attached hydrogens (tertiary/aromatic N) is 3. The number of nitrogens with two attached hydrogens (primary N) is 1. The molecule has 126 valence electrons. The van der Waals surface area contributed by atoms with Crippen molar-refractivity contribution < 1.29 is 8.78 Å². The minimum atomic E-state index is -0.409. The van der Waals surface area contributed by atoms with Crippen molar-refractivity contribution in [2.45, 2.75) is 0 Å². The number of aromatic nitrogens is 3. The lowest BCUT2D eigenvalue weighted by Crippen LogP contribution is -2.01. The van der Waals surface area contributed by atoms with Gasteiger partial charge in [0.05, 0.1) is 16.6 Å². The average Bonchev–Trinajstić information content (AvgIpc) is 3.03. The Bertz CT molecular complexity index is 1320. The number of nitrogen functional groups attached to an aromatic ring is 1. The lowest BCUT2D eigenvalue weighted by atomic mass is 10.1. The van der Waals surface area contributed by atoms with Crippen LogP contribution in [0.3, 0.4) is 0 Å². The van der Waals surface area contributed by atoms with Gasteiger partial charge in [-0.25, -0.2) is 18.7 Å². The zero-order valence-electron chi connectivity index (χ0n) is 13.4. The third kappa shape index (κ3) is 2.05. The maximum Gasteiger partial charge on any atom is 0.149 e. The van der Waals surface area contributed by atoms with E-state index in [1.54, 1.807) is 10.5 Å². The van der Waals surface area contributed by atoms with Crippen molar-refractivity contribution in [3.63, 3.8) is 0 Å². The minimum absolute atomic E-state index is 0.369. The Morgan fingerprint density at radius 2 is 1.58 bits per heavy atom. The molecule has 0 aliphatic heterocycles. The number of hydrogen-bond acceptors (Lipinski definition) is 3. The molecule has 0 unspecified atom stereocenters. The van der Waals surface area contributed by atoms with Gasteiger partial charge < -0.3 is 5.73 Å². The third-order valence-corrected chi connectivity index (χ3v) is 4.45. The van der Waals surface area contributed by atoms with Gasteiger partial charge in [-0.3, -0.25) is 4.40 Å². The summed E-state index contributed by atoms with van der Waals surface area (Å²) < 4.78 is 29.5. The molecule has 4 nitrogen and oxygen atoms in total. The molecule has 0 aliphatic carbocycles. The third-order valence-electron chi connectivity index (χ3n) is 4.45. The first-order valence-corrected chi connectivity index (χ1v) is 8.04. The van der Waals surface area contributed by atoms with E-state index in [0.29, 0.717) is 33.6 Å². The fraction of sp³-hybridized carbons (Fsp3) is 0. The van der Waals surface area contributed by atoms with Crippen LogP contribution in [-0.2, 0) is 0 Å². The smallest absolute Gasteiger partial charge is 0.149 e. The van der Waals surface area contributed by atoms with Crippen LogP contribution in [0, 0.1) is 11.6 Å². The van der Waals surface area contributed by atoms with Crippen molar-refractivity contribution in [1.82, 2.24) is 14.4 Å². The van der Waals surface area contributed by atoms with Crippen molar-refractivity contribution >= 4 is 33.3 Å². The first-order valence-electron chi connectivity index (χ1n) is 8.04. The summed E-state index contributed by atoms with van der Waals surface area (Å²) in [6.07, 6.45) is 0. The van der Waals surface area contributed by atoms with Gasteiger partial charge in [-0.2, -0.15) is 0 Å². The maximum atomic E-state index is 13.9. The number of fused-ring (bicyclic) bond motifs is 5. The summed E-state index contributed by atoms with van der Waals surface area (Å²) in [6, 6.07) is 16.0. The van der Waals surface area contributed by atoms with Gasteiger partial charge in [0.15, 0.2) is 0 Å². The van der Waals surface area contributed by atoms with Gasteiger partial charge >= 0.3 is 0 Å². The van der Waals surface area contributed by atoms with Crippen LogP contribution in [0.4, 0.5) is 14.5 Å². The number of para-hydroxylation sites is 2. The zero-order chi connectivity index (χ0) is 17.8. The monoisotopic (exact) mass is 346 g/mol. The van der Waals surface area contributed by atoms with Gasteiger partial charge in [-0.15, -0.1) is 0 Å². The number of halogens is 2. The molecule has 3 aromatic carbocycles. The van der Waals surface area contributed by atoms with Crippen molar-refractivity contribution in [2.75, 3.05) is 5.73 Å². The average molecular weight is 346 g/mol. The predicted octanol–water partition coefficient (Wildman–Crippen LogP) is 4.56. The second kappa shape index (κ2) is 5.23. The Balaban J connectivity index is 2.04. The van der Waals surface area contributed by atoms with E-state index in [9.17, 15) is 8.78 Å². The lowest BCUT2D eigenvalue weighted by molar-refractivity contribution is 0.628. The molecule has 0 atom stereocenters. The number of imidazole rings is 1. The molecule has 0 spiro atoms. The van der Waals surface area contributed by atoms with E-state index in [1.165, 1.54) is 30.3 Å². The highest BCUT2D eigenvalue weighted by Gasteiger charge is 2.17. The quantitative estimate of drug-likeness (QED) is 0.453. The molecule has 6 heteroatoms. The van der Waals surface area contributed by atoms with Gasteiger partial charge in [0.2, 0.25) is 0 Å². The fourth-order valence-corrected chi connectivity index (χ4v) is 3.27. The molecule has 0 saturated heterocycles. The van der Waals surface area contributed by atoms with Gasteiger partial charge in [-0.05, 0) is 48.5 Å². The van der Waals surface area contributed by atoms with E-state index in [-0.39, 0.29) is 5.82 Å². The second-order valence-electron chi connectivity index (χ2n) is 6.09. The van der Waals surface area contributed by atoms with Gasteiger partial charge in [0, 0.05) is 16.6 Å². The molecular formula is C20H12F2N4. The van der Waals surface area contributed by atoms with Crippen LogP contribution in [-0.4, -0.2) is 14.4 Å². The molecule has 2 N–H and O–H groups in total. The van der Waals surface area contributed by atoms with Crippen LogP contribution >= 0.6 is 0 Å². The van der Waals surface area contributed by atoms with Crippen LogP contribution in [0.15, 0.2) is 60.7 Å². The first kappa shape index (κ1) is 14.8. The number of rotatable bonds is 1. The van der Waals surface area contributed by atoms with E-state index in [0.717, 1.165) is 11.0 Å². The van der Waals surface area contributed by atoms with E-state index in [4.69, 9.17) is 5.73 Å². The Hall–Kier alpha value is -3.54. The molecule has 5 aromatic rings. The van der Waals surface area contributed by atoms with Crippen LogP contribution in [0.5, 0.6) is 0 Å². The molecular weight excluding hydrogens is 334 g/mol. The topological polar surface area (TPSA) is 56.2 Å². The van der Waals surface area contributed by atoms with Crippen LogP contribution < -0.4 is 5.73 Å². The van der Waals surface area contributed by atoms with Crippen LogP contribution in [0.1, 0.15) is 0 Å². The molecule has 5 rings (SSSR count). The number of anilines is 1. The van der Waals surface area contributed by atoms with Crippen molar-refractivity contribution in [3.8, 4) is 11.4 Å². The fourth-order valence-electron chi connectivity index (χ4n) is 3.27. The summed E-state index contributed by atoms with van der Waals surface area (Å²) in [6.45, 7) is 0. The van der Waals surface area contributed by atoms with E-state index < -0.39 is 5.82 Å². The Labute approximate surface area is 146 Å². The highest BCUT2D eigenvalue weighted by atomic mass is 19.1. The Morgan fingerprint density at radius 3 is 2.46 bits per heavy atom. The van der Waals surface area contributed by atoms with E-state index in [2.05, 4.69) is 9.97 Å². The SMILES string of the molecule is Nc1ccc(F)cc1-c1nc2ccc(F)cc2c2nc3ccccc3n12. The standard InChI is InChI=1S/C20H12F2N4/c21-11-5-7-15(23)13(9-11)19-24-16-8-6-12(22)10-14(16)20-25-17-3-1-2-4-18(17)26(19)20/h1-10H,23H2. The largest absolute Gasteiger partial charge is 0.398 e. The molecule has 0 amide bonds. The van der Waals surface area contributed by atoms with Crippen molar-refractivity contribution in [2.24, 2.45) is 0 Å². The molecule has 0 saturated carbocycles.